The predicted molar refractivity (Wildman–Crippen MR) is 75.2 cm³/mol. The van der Waals surface area contributed by atoms with E-state index in [0.717, 1.165) is 0 Å². The molecule has 0 radical (unpaired) electrons. The molecular weight excluding hydrogens is 226 g/mol. The Bertz CT molecular complexity index is 589. The number of anilines is 2. The number of fused-ring (bicyclic) bond motifs is 2. The van der Waals surface area contributed by atoms with Gasteiger partial charge in [0.25, 0.3) is 0 Å². The third kappa shape index (κ3) is 1.56. The molecule has 1 nitrogen and oxygen atoms in total. The van der Waals surface area contributed by atoms with E-state index in [1.165, 1.54) is 26.7 Å². The number of rotatable bonds is 1. The van der Waals surface area contributed by atoms with Crippen molar-refractivity contribution in [2.45, 2.75) is 9.79 Å². The van der Waals surface area contributed by atoms with Crippen LogP contribution >= 0.6 is 11.8 Å². The van der Waals surface area contributed by atoms with E-state index in [-0.39, 0.29) is 0 Å². The van der Waals surface area contributed by atoms with Crippen LogP contribution in [0.3, 0.4) is 0 Å². The van der Waals surface area contributed by atoms with Gasteiger partial charge in [0.2, 0.25) is 0 Å². The molecule has 2 heteroatoms. The van der Waals surface area contributed by atoms with Gasteiger partial charge in [0, 0.05) is 16.8 Å². The van der Waals surface area contributed by atoms with Crippen LogP contribution in [-0.2, 0) is 0 Å². The molecule has 0 unspecified atom stereocenters. The van der Waals surface area contributed by atoms with E-state index in [0.29, 0.717) is 0 Å². The van der Waals surface area contributed by atoms with Crippen molar-refractivity contribution in [3.05, 3.63) is 54.6 Å². The summed E-state index contributed by atoms with van der Waals surface area (Å²) in [6, 6.07) is 14.9. The van der Waals surface area contributed by atoms with Gasteiger partial charge < -0.3 is 4.90 Å². The van der Waals surface area contributed by atoms with E-state index in [1.54, 1.807) is 0 Å². The molecule has 1 aliphatic rings. The van der Waals surface area contributed by atoms with Gasteiger partial charge in [-0.1, -0.05) is 48.7 Å². The fourth-order valence-corrected chi connectivity index (χ4v) is 3.40. The standard InChI is InChI=1S/C15H13NS/c1-3-11-7-6-10-14-15(11)16(2)12-8-4-5-9-13(12)17-14/h3-10H,1H2,2H3. The quantitative estimate of drug-likeness (QED) is 0.717. The van der Waals surface area contributed by atoms with E-state index >= 15 is 0 Å². The van der Waals surface area contributed by atoms with Crippen LogP contribution < -0.4 is 4.90 Å². The van der Waals surface area contributed by atoms with E-state index in [1.807, 2.05) is 17.8 Å². The van der Waals surface area contributed by atoms with Crippen molar-refractivity contribution >= 4 is 29.2 Å². The summed E-state index contributed by atoms with van der Waals surface area (Å²) >= 11 is 1.83. The van der Waals surface area contributed by atoms with Crippen molar-refractivity contribution in [3.63, 3.8) is 0 Å². The van der Waals surface area contributed by atoms with Crippen molar-refractivity contribution < 1.29 is 0 Å². The molecule has 0 aliphatic carbocycles. The van der Waals surface area contributed by atoms with Crippen molar-refractivity contribution in [1.29, 1.82) is 0 Å². The Morgan fingerprint density at radius 3 is 2.65 bits per heavy atom. The van der Waals surface area contributed by atoms with E-state index in [4.69, 9.17) is 0 Å². The zero-order chi connectivity index (χ0) is 11.8. The lowest BCUT2D eigenvalue weighted by Crippen LogP contribution is -2.15. The Balaban J connectivity index is 2.23. The Hall–Kier alpha value is -1.67. The summed E-state index contributed by atoms with van der Waals surface area (Å²) in [6.07, 6.45) is 1.92. The first-order chi connectivity index (χ1) is 8.31. The maximum Gasteiger partial charge on any atom is 0.0623 e. The van der Waals surface area contributed by atoms with Crippen LogP contribution in [-0.4, -0.2) is 7.05 Å². The van der Waals surface area contributed by atoms with Gasteiger partial charge in [-0.15, -0.1) is 0 Å². The second kappa shape index (κ2) is 3.97. The number of hydrogen-bond acceptors (Lipinski definition) is 2. The van der Waals surface area contributed by atoms with Crippen LogP contribution in [0.4, 0.5) is 11.4 Å². The lowest BCUT2D eigenvalue weighted by Gasteiger charge is -2.30. The molecule has 2 aromatic rings. The van der Waals surface area contributed by atoms with Gasteiger partial charge in [0.1, 0.15) is 0 Å². The van der Waals surface area contributed by atoms with E-state index < -0.39 is 0 Å². The van der Waals surface area contributed by atoms with Gasteiger partial charge in [-0.25, -0.2) is 0 Å². The summed E-state index contributed by atoms with van der Waals surface area (Å²) < 4.78 is 0. The van der Waals surface area contributed by atoms with Gasteiger partial charge >= 0.3 is 0 Å². The minimum absolute atomic E-state index is 1.19. The highest BCUT2D eigenvalue weighted by atomic mass is 32.2. The molecule has 2 aromatic carbocycles. The third-order valence-corrected chi connectivity index (χ3v) is 4.15. The van der Waals surface area contributed by atoms with Crippen molar-refractivity contribution in [2.24, 2.45) is 0 Å². The second-order valence-corrected chi connectivity index (χ2v) is 5.11. The minimum Gasteiger partial charge on any atom is -0.342 e. The lowest BCUT2D eigenvalue weighted by molar-refractivity contribution is 1.11. The van der Waals surface area contributed by atoms with Crippen LogP contribution in [0.15, 0.2) is 58.8 Å². The molecule has 0 spiro atoms. The highest BCUT2D eigenvalue weighted by Gasteiger charge is 2.21. The average molecular weight is 239 g/mol. The average Bonchev–Trinajstić information content (AvgIpc) is 2.38. The van der Waals surface area contributed by atoms with Crippen LogP contribution in [0.2, 0.25) is 0 Å². The van der Waals surface area contributed by atoms with Crippen LogP contribution in [0, 0.1) is 0 Å². The fraction of sp³-hybridized carbons (Fsp3) is 0.0667. The molecule has 1 aliphatic heterocycles. The SMILES string of the molecule is C=Cc1cccc2c1N(C)c1ccccc1S2. The van der Waals surface area contributed by atoms with Gasteiger partial charge in [-0.05, 0) is 23.8 Å². The Morgan fingerprint density at radius 1 is 1.06 bits per heavy atom. The lowest BCUT2D eigenvalue weighted by atomic mass is 10.1. The van der Waals surface area contributed by atoms with Crippen LogP contribution in [0.1, 0.15) is 5.56 Å². The molecule has 0 saturated heterocycles. The first-order valence-corrected chi connectivity index (χ1v) is 6.39. The summed E-state index contributed by atoms with van der Waals surface area (Å²) in [4.78, 5) is 4.85. The normalized spacial score (nSPS) is 12.9. The number of hydrogen-bond donors (Lipinski definition) is 0. The molecular formula is C15H13NS. The fourth-order valence-electron chi connectivity index (χ4n) is 2.20. The Kier molecular flexibility index (Phi) is 2.45. The first-order valence-electron chi connectivity index (χ1n) is 5.57. The minimum atomic E-state index is 1.19. The third-order valence-electron chi connectivity index (χ3n) is 3.03. The van der Waals surface area contributed by atoms with Crippen LogP contribution in [0.25, 0.3) is 6.08 Å². The predicted octanol–water partition coefficient (Wildman–Crippen LogP) is 4.56. The number of para-hydroxylation sites is 2. The molecule has 0 N–H and O–H groups in total. The molecule has 0 aromatic heterocycles. The first kappa shape index (κ1) is 10.5. The van der Waals surface area contributed by atoms with Gasteiger partial charge in [0.05, 0.1) is 11.4 Å². The molecule has 17 heavy (non-hydrogen) atoms. The molecule has 1 heterocycles. The summed E-state index contributed by atoms with van der Waals surface area (Å²) in [5, 5.41) is 0. The maximum atomic E-state index is 3.89. The van der Waals surface area contributed by atoms with Crippen molar-refractivity contribution in [3.8, 4) is 0 Å². The molecule has 84 valence electrons. The summed E-state index contributed by atoms with van der Waals surface area (Å²) in [5.74, 6) is 0. The molecule has 0 atom stereocenters. The molecule has 0 bridgehead atoms. The molecule has 0 fully saturated rings. The van der Waals surface area contributed by atoms with Crippen molar-refractivity contribution in [2.75, 3.05) is 11.9 Å². The summed E-state index contributed by atoms with van der Waals surface area (Å²) in [6.45, 7) is 3.89. The molecule has 3 rings (SSSR count). The topological polar surface area (TPSA) is 3.24 Å². The Morgan fingerprint density at radius 2 is 1.82 bits per heavy atom. The Labute approximate surface area is 106 Å². The maximum absolute atomic E-state index is 3.89. The van der Waals surface area contributed by atoms with Crippen LogP contribution in [0.5, 0.6) is 0 Å². The largest absolute Gasteiger partial charge is 0.342 e. The zero-order valence-corrected chi connectivity index (χ0v) is 10.5. The van der Waals surface area contributed by atoms with E-state index in [9.17, 15) is 0 Å². The zero-order valence-electron chi connectivity index (χ0n) is 9.68. The van der Waals surface area contributed by atoms with Gasteiger partial charge in [-0.2, -0.15) is 0 Å². The van der Waals surface area contributed by atoms with Gasteiger partial charge in [-0.3, -0.25) is 0 Å². The number of nitrogens with zero attached hydrogens (tertiary/aromatic N) is 1. The smallest absolute Gasteiger partial charge is 0.0623 e. The summed E-state index contributed by atoms with van der Waals surface area (Å²) in [5.41, 5.74) is 3.71. The van der Waals surface area contributed by atoms with Gasteiger partial charge in [0.15, 0.2) is 0 Å². The second-order valence-electron chi connectivity index (χ2n) is 4.03. The molecule has 0 saturated carbocycles. The highest BCUT2D eigenvalue weighted by Crippen LogP contribution is 2.48. The summed E-state index contributed by atoms with van der Waals surface area (Å²) in [7, 11) is 2.12. The molecule has 0 amide bonds. The van der Waals surface area contributed by atoms with E-state index in [2.05, 4.69) is 61.0 Å². The monoisotopic (exact) mass is 239 g/mol. The van der Waals surface area contributed by atoms with Crippen molar-refractivity contribution in [1.82, 2.24) is 0 Å². The highest BCUT2D eigenvalue weighted by molar-refractivity contribution is 7.99. The number of benzene rings is 2.